The summed E-state index contributed by atoms with van der Waals surface area (Å²) < 4.78 is 0. The van der Waals surface area contributed by atoms with Gasteiger partial charge in [0.1, 0.15) is 0 Å². The van der Waals surface area contributed by atoms with Crippen LogP contribution >= 0.6 is 0 Å². The Morgan fingerprint density at radius 2 is 1.64 bits per heavy atom. The van der Waals surface area contributed by atoms with E-state index in [1.54, 1.807) is 0 Å². The third kappa shape index (κ3) is 0.924. The van der Waals surface area contributed by atoms with Gasteiger partial charge in [-0.3, -0.25) is 0 Å². The van der Waals surface area contributed by atoms with Crippen molar-refractivity contribution in [2.45, 2.75) is 12.2 Å². The first-order chi connectivity index (χ1) is 6.67. The van der Waals surface area contributed by atoms with Crippen molar-refractivity contribution in [3.05, 3.63) is 47.5 Å². The summed E-state index contributed by atoms with van der Waals surface area (Å²) in [7, 11) is 0. The van der Waals surface area contributed by atoms with Crippen LogP contribution in [0.4, 0.5) is 0 Å². The molecule has 0 saturated carbocycles. The lowest BCUT2D eigenvalue weighted by Gasteiger charge is -2.33. The molecule has 70 valence electrons. The van der Waals surface area contributed by atoms with Gasteiger partial charge < -0.3 is 10.2 Å². The minimum Gasteiger partial charge on any atom is -0.362 e. The van der Waals surface area contributed by atoms with Gasteiger partial charge in [-0.1, -0.05) is 30.3 Å². The molecule has 0 aliphatic heterocycles. The van der Waals surface area contributed by atoms with Crippen molar-refractivity contribution < 1.29 is 10.2 Å². The average molecular weight is 186 g/mol. The van der Waals surface area contributed by atoms with Gasteiger partial charge in [-0.15, -0.1) is 0 Å². The molecule has 14 heavy (non-hydrogen) atoms. The molecule has 0 spiro atoms. The van der Waals surface area contributed by atoms with E-state index < -0.39 is 5.79 Å². The summed E-state index contributed by atoms with van der Waals surface area (Å²) >= 11 is 0. The summed E-state index contributed by atoms with van der Waals surface area (Å²) in [5.74, 6) is -1.66. The molecule has 1 aromatic rings. The highest BCUT2D eigenvalue weighted by Gasteiger charge is 2.33. The largest absolute Gasteiger partial charge is 0.362 e. The lowest BCUT2D eigenvalue weighted by molar-refractivity contribution is -0.114. The summed E-state index contributed by atoms with van der Waals surface area (Å²) in [6.07, 6.45) is 3.70. The minimum absolute atomic E-state index is 0.278. The molecule has 2 heteroatoms. The van der Waals surface area contributed by atoms with Crippen LogP contribution in [0.2, 0.25) is 0 Å². The molecular formula is C12H10O2. The SMILES string of the molecule is OC1(O)C=C2C(=CC1)c1ccccc12. The van der Waals surface area contributed by atoms with Crippen LogP contribution in [0.3, 0.4) is 0 Å². The van der Waals surface area contributed by atoms with Crippen LogP contribution < -0.4 is 0 Å². The molecule has 2 nitrogen and oxygen atoms in total. The second-order valence-electron chi connectivity index (χ2n) is 3.80. The van der Waals surface area contributed by atoms with Gasteiger partial charge in [-0.05, 0) is 28.3 Å². The fourth-order valence-corrected chi connectivity index (χ4v) is 2.10. The predicted octanol–water partition coefficient (Wildman–Crippen LogP) is 1.55. The molecular weight excluding hydrogens is 176 g/mol. The van der Waals surface area contributed by atoms with Crippen LogP contribution in [0.5, 0.6) is 0 Å². The van der Waals surface area contributed by atoms with Crippen molar-refractivity contribution in [3.8, 4) is 0 Å². The predicted molar refractivity (Wildman–Crippen MR) is 54.2 cm³/mol. The lowest BCUT2D eigenvalue weighted by Crippen LogP contribution is -2.28. The summed E-state index contributed by atoms with van der Waals surface area (Å²) in [4.78, 5) is 0. The van der Waals surface area contributed by atoms with Crippen LogP contribution in [0, 0.1) is 0 Å². The first kappa shape index (κ1) is 7.97. The number of fused-ring (bicyclic) bond motifs is 4. The second kappa shape index (κ2) is 2.35. The smallest absolute Gasteiger partial charge is 0.187 e. The molecule has 0 aromatic heterocycles. The molecule has 3 rings (SSSR count). The van der Waals surface area contributed by atoms with E-state index in [0.29, 0.717) is 0 Å². The molecule has 2 aliphatic rings. The molecule has 1 aromatic carbocycles. The Bertz CT molecular complexity index is 467. The van der Waals surface area contributed by atoms with E-state index in [9.17, 15) is 10.2 Å². The standard InChI is InChI=1S/C12H10O2/c13-12(14)6-5-10-8-3-1-2-4-9(8)11(10)7-12/h1-5,7,13-14H,6H2. The third-order valence-electron chi connectivity index (χ3n) is 2.78. The molecule has 0 atom stereocenters. The third-order valence-corrected chi connectivity index (χ3v) is 2.78. The Morgan fingerprint density at radius 3 is 2.36 bits per heavy atom. The summed E-state index contributed by atoms with van der Waals surface area (Å²) in [5.41, 5.74) is 4.45. The van der Waals surface area contributed by atoms with Gasteiger partial charge >= 0.3 is 0 Å². The Hall–Kier alpha value is -1.38. The van der Waals surface area contributed by atoms with E-state index in [2.05, 4.69) is 6.07 Å². The first-order valence-corrected chi connectivity index (χ1v) is 4.65. The Balaban J connectivity index is 2.19. The molecule has 0 amide bonds. The summed E-state index contributed by atoms with van der Waals surface area (Å²) in [6, 6.07) is 8.01. The number of aliphatic hydroxyl groups is 2. The van der Waals surface area contributed by atoms with Crippen LogP contribution in [0.15, 0.2) is 36.4 Å². The number of hydrogen-bond acceptors (Lipinski definition) is 2. The number of allylic oxidation sites excluding steroid dienone is 2. The quantitative estimate of drug-likeness (QED) is 0.603. The zero-order valence-electron chi connectivity index (χ0n) is 7.57. The van der Waals surface area contributed by atoms with E-state index in [0.717, 1.165) is 16.7 Å². The molecule has 2 N–H and O–H groups in total. The highest BCUT2D eigenvalue weighted by Crippen LogP contribution is 2.48. The molecule has 0 unspecified atom stereocenters. The maximum absolute atomic E-state index is 9.46. The van der Waals surface area contributed by atoms with Crippen molar-refractivity contribution in [1.82, 2.24) is 0 Å². The van der Waals surface area contributed by atoms with Crippen LogP contribution in [0.1, 0.15) is 17.5 Å². The Labute approximate surface area is 81.8 Å². The molecule has 2 aliphatic carbocycles. The van der Waals surface area contributed by atoms with Crippen molar-refractivity contribution in [2.24, 2.45) is 0 Å². The number of hydrogen-bond donors (Lipinski definition) is 2. The Morgan fingerprint density at radius 1 is 1.00 bits per heavy atom. The van der Waals surface area contributed by atoms with E-state index in [1.165, 1.54) is 11.6 Å². The fourth-order valence-electron chi connectivity index (χ4n) is 2.10. The van der Waals surface area contributed by atoms with E-state index in [1.807, 2.05) is 24.3 Å². The van der Waals surface area contributed by atoms with Gasteiger partial charge in [0.25, 0.3) is 0 Å². The van der Waals surface area contributed by atoms with Crippen molar-refractivity contribution in [3.63, 3.8) is 0 Å². The highest BCUT2D eigenvalue weighted by molar-refractivity contribution is 6.17. The van der Waals surface area contributed by atoms with Crippen LogP contribution in [-0.4, -0.2) is 16.0 Å². The fraction of sp³-hybridized carbons (Fsp3) is 0.167. The minimum atomic E-state index is -1.66. The topological polar surface area (TPSA) is 40.5 Å². The highest BCUT2D eigenvalue weighted by atomic mass is 16.5. The second-order valence-corrected chi connectivity index (χ2v) is 3.80. The normalized spacial score (nSPS) is 21.3. The molecule has 0 fully saturated rings. The Kier molecular flexibility index (Phi) is 1.34. The van der Waals surface area contributed by atoms with Crippen molar-refractivity contribution >= 4 is 11.1 Å². The number of rotatable bonds is 0. The van der Waals surface area contributed by atoms with Gasteiger partial charge in [-0.25, -0.2) is 0 Å². The average Bonchev–Trinajstić information content (AvgIpc) is 2.14. The van der Waals surface area contributed by atoms with Gasteiger partial charge in [0.05, 0.1) is 0 Å². The molecule has 0 saturated heterocycles. The van der Waals surface area contributed by atoms with Gasteiger partial charge in [0.2, 0.25) is 0 Å². The maximum atomic E-state index is 9.46. The summed E-state index contributed by atoms with van der Waals surface area (Å²) in [6.45, 7) is 0. The molecule has 0 radical (unpaired) electrons. The van der Waals surface area contributed by atoms with Crippen LogP contribution in [-0.2, 0) is 0 Å². The van der Waals surface area contributed by atoms with Crippen molar-refractivity contribution in [2.75, 3.05) is 0 Å². The van der Waals surface area contributed by atoms with Gasteiger partial charge in [0.15, 0.2) is 5.79 Å². The number of benzene rings is 1. The van der Waals surface area contributed by atoms with E-state index in [4.69, 9.17) is 0 Å². The van der Waals surface area contributed by atoms with E-state index >= 15 is 0 Å². The first-order valence-electron chi connectivity index (χ1n) is 4.65. The van der Waals surface area contributed by atoms with Gasteiger partial charge in [-0.2, -0.15) is 0 Å². The monoisotopic (exact) mass is 186 g/mol. The van der Waals surface area contributed by atoms with Gasteiger partial charge in [0, 0.05) is 6.42 Å². The summed E-state index contributed by atoms with van der Waals surface area (Å²) in [5, 5.41) is 18.9. The lowest BCUT2D eigenvalue weighted by atomic mass is 9.74. The van der Waals surface area contributed by atoms with Crippen molar-refractivity contribution in [1.29, 1.82) is 0 Å². The molecule has 0 bridgehead atoms. The maximum Gasteiger partial charge on any atom is 0.187 e. The zero-order valence-corrected chi connectivity index (χ0v) is 7.57. The molecule has 0 heterocycles. The zero-order chi connectivity index (χ0) is 9.76. The van der Waals surface area contributed by atoms with E-state index in [-0.39, 0.29) is 6.42 Å². The van der Waals surface area contributed by atoms with Crippen LogP contribution in [0.25, 0.3) is 11.1 Å².